The number of halogens is 1. The van der Waals surface area contributed by atoms with Crippen LogP contribution in [-0.4, -0.2) is 23.2 Å². The molecule has 3 N–H and O–H groups in total. The molecule has 4 nitrogen and oxygen atoms in total. The van der Waals surface area contributed by atoms with Gasteiger partial charge in [-0.05, 0) is 12.1 Å². The van der Waals surface area contributed by atoms with E-state index in [4.69, 9.17) is 10.2 Å². The number of phenols is 2. The van der Waals surface area contributed by atoms with E-state index >= 15 is 0 Å². The summed E-state index contributed by atoms with van der Waals surface area (Å²) < 4.78 is 12.9. The van der Waals surface area contributed by atoms with Crippen LogP contribution in [-0.2, 0) is 0 Å². The molecule has 70 valence electrons. The molecule has 0 aliphatic rings. The number of phenolic OH excluding ortho intramolecular Hbond substituents is 2. The SMILES string of the molecule is CNC(=O)c1c(F)ccc(O)c1O. The van der Waals surface area contributed by atoms with Gasteiger partial charge in [0, 0.05) is 7.05 Å². The summed E-state index contributed by atoms with van der Waals surface area (Å²) in [5.41, 5.74) is -0.553. The van der Waals surface area contributed by atoms with Gasteiger partial charge in [-0.25, -0.2) is 4.39 Å². The van der Waals surface area contributed by atoms with Crippen molar-refractivity contribution in [2.45, 2.75) is 0 Å². The van der Waals surface area contributed by atoms with Crippen LogP contribution in [0.3, 0.4) is 0 Å². The van der Waals surface area contributed by atoms with Crippen LogP contribution in [0.2, 0.25) is 0 Å². The Morgan fingerprint density at radius 1 is 1.46 bits per heavy atom. The van der Waals surface area contributed by atoms with Gasteiger partial charge in [-0.1, -0.05) is 0 Å². The van der Waals surface area contributed by atoms with Crippen LogP contribution in [0.25, 0.3) is 0 Å². The number of carbonyl (C=O) groups excluding carboxylic acids is 1. The third-order valence-corrected chi connectivity index (χ3v) is 1.56. The average Bonchev–Trinajstić information content (AvgIpc) is 2.12. The third-order valence-electron chi connectivity index (χ3n) is 1.56. The first-order valence-electron chi connectivity index (χ1n) is 3.50. The van der Waals surface area contributed by atoms with E-state index in [9.17, 15) is 9.18 Å². The lowest BCUT2D eigenvalue weighted by atomic mass is 10.1. The normalized spacial score (nSPS) is 9.69. The van der Waals surface area contributed by atoms with Crippen molar-refractivity contribution in [2.24, 2.45) is 0 Å². The first-order chi connectivity index (χ1) is 6.07. The molecule has 1 amide bonds. The summed E-state index contributed by atoms with van der Waals surface area (Å²) in [5.74, 6) is -2.94. The highest BCUT2D eigenvalue weighted by Gasteiger charge is 2.18. The maximum atomic E-state index is 12.9. The van der Waals surface area contributed by atoms with Gasteiger partial charge < -0.3 is 15.5 Å². The predicted octanol–water partition coefficient (Wildman–Crippen LogP) is 0.596. The molecule has 0 spiro atoms. The van der Waals surface area contributed by atoms with Gasteiger partial charge in [-0.15, -0.1) is 0 Å². The van der Waals surface area contributed by atoms with Crippen LogP contribution < -0.4 is 5.32 Å². The fourth-order valence-electron chi connectivity index (χ4n) is 0.897. The number of hydrogen-bond donors (Lipinski definition) is 3. The molecule has 0 radical (unpaired) electrons. The van der Waals surface area contributed by atoms with Gasteiger partial charge in [0.25, 0.3) is 5.91 Å². The van der Waals surface area contributed by atoms with E-state index in [1.54, 1.807) is 0 Å². The molecule has 0 heterocycles. The molecule has 0 atom stereocenters. The molecular formula is C8H8FNO3. The van der Waals surface area contributed by atoms with E-state index in [0.717, 1.165) is 12.1 Å². The van der Waals surface area contributed by atoms with Gasteiger partial charge >= 0.3 is 0 Å². The number of aromatic hydroxyl groups is 2. The zero-order chi connectivity index (χ0) is 10.0. The molecule has 1 aromatic rings. The topological polar surface area (TPSA) is 69.6 Å². The van der Waals surface area contributed by atoms with Crippen molar-refractivity contribution in [3.63, 3.8) is 0 Å². The minimum Gasteiger partial charge on any atom is -0.504 e. The Hall–Kier alpha value is -1.78. The average molecular weight is 185 g/mol. The molecule has 0 saturated heterocycles. The highest BCUT2D eigenvalue weighted by Crippen LogP contribution is 2.30. The first-order valence-corrected chi connectivity index (χ1v) is 3.50. The van der Waals surface area contributed by atoms with Crippen LogP contribution in [0.15, 0.2) is 12.1 Å². The van der Waals surface area contributed by atoms with Crippen molar-refractivity contribution in [1.82, 2.24) is 5.32 Å². The van der Waals surface area contributed by atoms with E-state index in [0.29, 0.717) is 0 Å². The van der Waals surface area contributed by atoms with E-state index in [1.165, 1.54) is 7.05 Å². The Balaban J connectivity index is 3.33. The molecule has 0 aliphatic carbocycles. The van der Waals surface area contributed by atoms with Crippen molar-refractivity contribution >= 4 is 5.91 Å². The molecular weight excluding hydrogens is 177 g/mol. The largest absolute Gasteiger partial charge is 0.504 e. The smallest absolute Gasteiger partial charge is 0.257 e. The highest BCUT2D eigenvalue weighted by molar-refractivity contribution is 5.97. The van der Waals surface area contributed by atoms with Crippen molar-refractivity contribution in [1.29, 1.82) is 0 Å². The zero-order valence-corrected chi connectivity index (χ0v) is 6.84. The molecule has 0 aliphatic heterocycles. The number of nitrogens with one attached hydrogen (secondary N) is 1. The summed E-state index contributed by atoms with van der Waals surface area (Å²) in [6, 6.07) is 1.87. The van der Waals surface area contributed by atoms with E-state index in [-0.39, 0.29) is 0 Å². The van der Waals surface area contributed by atoms with Gasteiger partial charge in [0.2, 0.25) is 0 Å². The second kappa shape index (κ2) is 3.30. The summed E-state index contributed by atoms with van der Waals surface area (Å²) in [4.78, 5) is 11.0. The molecule has 1 aromatic carbocycles. The lowest BCUT2D eigenvalue weighted by molar-refractivity contribution is 0.0955. The van der Waals surface area contributed by atoms with Gasteiger partial charge in [0.05, 0.1) is 0 Å². The second-order valence-corrected chi connectivity index (χ2v) is 2.37. The molecule has 0 aromatic heterocycles. The Morgan fingerprint density at radius 2 is 2.08 bits per heavy atom. The lowest BCUT2D eigenvalue weighted by Gasteiger charge is -2.05. The third kappa shape index (κ3) is 1.53. The van der Waals surface area contributed by atoms with Gasteiger partial charge in [0.1, 0.15) is 11.4 Å². The zero-order valence-electron chi connectivity index (χ0n) is 6.84. The van der Waals surface area contributed by atoms with Crippen LogP contribution in [0.4, 0.5) is 4.39 Å². The summed E-state index contributed by atoms with van der Waals surface area (Å²) in [6.07, 6.45) is 0. The molecule has 0 fully saturated rings. The van der Waals surface area contributed by atoms with Crippen molar-refractivity contribution in [3.8, 4) is 11.5 Å². The van der Waals surface area contributed by atoms with E-state index in [1.807, 2.05) is 0 Å². The molecule has 5 heteroatoms. The molecule has 0 saturated carbocycles. The van der Waals surface area contributed by atoms with Gasteiger partial charge in [-0.3, -0.25) is 4.79 Å². The monoisotopic (exact) mass is 185 g/mol. The fourth-order valence-corrected chi connectivity index (χ4v) is 0.897. The minimum absolute atomic E-state index is 0.528. The quantitative estimate of drug-likeness (QED) is 0.561. The Morgan fingerprint density at radius 3 is 2.62 bits per heavy atom. The summed E-state index contributed by atoms with van der Waals surface area (Å²) >= 11 is 0. The number of carbonyl (C=O) groups is 1. The summed E-state index contributed by atoms with van der Waals surface area (Å²) in [7, 11) is 1.30. The molecule has 1 rings (SSSR count). The predicted molar refractivity (Wildman–Crippen MR) is 43.1 cm³/mol. The minimum atomic E-state index is -0.880. The number of benzene rings is 1. The number of rotatable bonds is 1. The van der Waals surface area contributed by atoms with Crippen LogP contribution in [0.1, 0.15) is 10.4 Å². The second-order valence-electron chi connectivity index (χ2n) is 2.37. The number of amides is 1. The van der Waals surface area contributed by atoms with Crippen molar-refractivity contribution in [3.05, 3.63) is 23.5 Å². The van der Waals surface area contributed by atoms with Crippen LogP contribution in [0, 0.1) is 5.82 Å². The maximum absolute atomic E-state index is 12.9. The summed E-state index contributed by atoms with van der Waals surface area (Å²) in [5, 5.41) is 20.2. The first kappa shape index (κ1) is 9.31. The highest BCUT2D eigenvalue weighted by atomic mass is 19.1. The molecule has 0 unspecified atom stereocenters. The maximum Gasteiger partial charge on any atom is 0.257 e. The standard InChI is InChI=1S/C8H8FNO3/c1-10-8(13)6-4(9)2-3-5(11)7(6)12/h2-3,11-12H,1H3,(H,10,13). The molecule has 0 bridgehead atoms. The Bertz CT molecular complexity index is 351. The van der Waals surface area contributed by atoms with Crippen LogP contribution in [0.5, 0.6) is 11.5 Å². The van der Waals surface area contributed by atoms with Gasteiger partial charge in [0.15, 0.2) is 11.5 Å². The van der Waals surface area contributed by atoms with Crippen molar-refractivity contribution in [2.75, 3.05) is 7.05 Å². The van der Waals surface area contributed by atoms with Crippen LogP contribution >= 0.6 is 0 Å². The number of hydrogen-bond acceptors (Lipinski definition) is 3. The Labute approximate surface area is 73.6 Å². The summed E-state index contributed by atoms with van der Waals surface area (Å²) in [6.45, 7) is 0. The lowest BCUT2D eigenvalue weighted by Crippen LogP contribution is -2.19. The Kier molecular flexibility index (Phi) is 2.36. The fraction of sp³-hybridized carbons (Fsp3) is 0.125. The molecule has 13 heavy (non-hydrogen) atoms. The van der Waals surface area contributed by atoms with E-state index < -0.39 is 28.8 Å². The van der Waals surface area contributed by atoms with Gasteiger partial charge in [-0.2, -0.15) is 0 Å². The van der Waals surface area contributed by atoms with E-state index in [2.05, 4.69) is 5.32 Å². The van der Waals surface area contributed by atoms with Crippen molar-refractivity contribution < 1.29 is 19.4 Å².